The van der Waals surface area contributed by atoms with Crippen molar-refractivity contribution in [3.8, 4) is 11.5 Å². The predicted octanol–water partition coefficient (Wildman–Crippen LogP) is 2.44. The fourth-order valence-corrected chi connectivity index (χ4v) is 2.85. The predicted molar refractivity (Wildman–Crippen MR) is 81.7 cm³/mol. The van der Waals surface area contributed by atoms with E-state index in [9.17, 15) is 5.11 Å². The molecule has 0 amide bonds. The molecule has 0 fully saturated rings. The molecule has 2 atom stereocenters. The lowest BCUT2D eigenvalue weighted by molar-refractivity contribution is 0.162. The minimum absolute atomic E-state index is 0.514. The molecule has 2 N–H and O–H groups in total. The Morgan fingerprint density at radius 3 is 2.86 bits per heavy atom. The van der Waals surface area contributed by atoms with Crippen molar-refractivity contribution in [3.63, 3.8) is 0 Å². The van der Waals surface area contributed by atoms with E-state index in [-0.39, 0.29) is 0 Å². The summed E-state index contributed by atoms with van der Waals surface area (Å²) in [6, 6.07) is 5.66. The van der Waals surface area contributed by atoms with Crippen LogP contribution in [0.15, 0.2) is 30.4 Å². The maximum Gasteiger partial charge on any atom is 0.161 e. The number of hydrogen-bond acceptors (Lipinski definition) is 4. The molecule has 0 aromatic heterocycles. The van der Waals surface area contributed by atoms with Gasteiger partial charge in [0.25, 0.3) is 0 Å². The third-order valence-corrected chi connectivity index (χ3v) is 4.10. The standard InChI is InChI=1S/C17H23NO3/c19-15(12-18-11-13-4-2-1-3-5-13)14-6-7-16-17(10-14)21-9-8-20-16/h1-2,6-7,10,13,15,18-19H,3-5,8-9,11-12H2. The van der Waals surface area contributed by atoms with E-state index in [1.54, 1.807) is 0 Å². The fourth-order valence-electron chi connectivity index (χ4n) is 2.85. The summed E-state index contributed by atoms with van der Waals surface area (Å²) in [6.07, 6.45) is 7.56. The Hall–Kier alpha value is -1.52. The molecule has 1 aliphatic heterocycles. The van der Waals surface area contributed by atoms with Gasteiger partial charge >= 0.3 is 0 Å². The number of nitrogens with one attached hydrogen (secondary N) is 1. The minimum Gasteiger partial charge on any atom is -0.486 e. The molecule has 3 rings (SSSR count). The van der Waals surface area contributed by atoms with Crippen molar-refractivity contribution in [2.45, 2.75) is 25.4 Å². The number of benzene rings is 1. The van der Waals surface area contributed by atoms with E-state index in [0.717, 1.165) is 30.0 Å². The third-order valence-electron chi connectivity index (χ3n) is 4.10. The van der Waals surface area contributed by atoms with E-state index < -0.39 is 6.10 Å². The molecule has 0 saturated heterocycles. The Labute approximate surface area is 125 Å². The van der Waals surface area contributed by atoms with Crippen LogP contribution in [0.1, 0.15) is 30.9 Å². The zero-order chi connectivity index (χ0) is 14.5. The van der Waals surface area contributed by atoms with Crippen molar-refractivity contribution in [1.82, 2.24) is 5.32 Å². The van der Waals surface area contributed by atoms with E-state index in [0.29, 0.717) is 25.7 Å². The average molecular weight is 289 g/mol. The lowest BCUT2D eigenvalue weighted by Crippen LogP contribution is -2.28. The van der Waals surface area contributed by atoms with Crippen LogP contribution in [-0.2, 0) is 0 Å². The number of allylic oxidation sites excluding steroid dienone is 2. The molecule has 1 aromatic rings. The van der Waals surface area contributed by atoms with Gasteiger partial charge in [-0.2, -0.15) is 0 Å². The molecule has 114 valence electrons. The highest BCUT2D eigenvalue weighted by atomic mass is 16.6. The topological polar surface area (TPSA) is 50.7 Å². The van der Waals surface area contributed by atoms with Gasteiger partial charge in [-0.1, -0.05) is 18.2 Å². The monoisotopic (exact) mass is 289 g/mol. The van der Waals surface area contributed by atoms with Crippen molar-refractivity contribution in [2.75, 3.05) is 26.3 Å². The van der Waals surface area contributed by atoms with Gasteiger partial charge in [-0.3, -0.25) is 0 Å². The first-order valence-corrected chi connectivity index (χ1v) is 7.76. The Morgan fingerprint density at radius 1 is 1.19 bits per heavy atom. The molecule has 4 heteroatoms. The van der Waals surface area contributed by atoms with Gasteiger partial charge in [-0.05, 0) is 49.4 Å². The second kappa shape index (κ2) is 6.96. The van der Waals surface area contributed by atoms with Crippen LogP contribution in [0.3, 0.4) is 0 Å². The summed E-state index contributed by atoms with van der Waals surface area (Å²) in [5, 5.41) is 13.7. The van der Waals surface area contributed by atoms with Crippen LogP contribution in [0.5, 0.6) is 11.5 Å². The molecule has 0 radical (unpaired) electrons. The summed E-state index contributed by atoms with van der Waals surface area (Å²) in [4.78, 5) is 0. The minimum atomic E-state index is -0.514. The molecule has 2 aliphatic rings. The number of aliphatic hydroxyl groups excluding tert-OH is 1. The lowest BCUT2D eigenvalue weighted by atomic mass is 9.94. The molecule has 0 spiro atoms. The van der Waals surface area contributed by atoms with E-state index in [2.05, 4.69) is 17.5 Å². The van der Waals surface area contributed by atoms with Gasteiger partial charge in [-0.25, -0.2) is 0 Å². The number of ether oxygens (including phenoxy) is 2. The normalized spacial score (nSPS) is 22.0. The Bertz CT molecular complexity index is 501. The molecule has 2 unspecified atom stereocenters. The van der Waals surface area contributed by atoms with Crippen LogP contribution in [0.25, 0.3) is 0 Å². The summed E-state index contributed by atoms with van der Waals surface area (Å²) >= 11 is 0. The second-order valence-corrected chi connectivity index (χ2v) is 5.73. The van der Waals surface area contributed by atoms with E-state index in [1.165, 1.54) is 12.8 Å². The molecular weight excluding hydrogens is 266 g/mol. The first kappa shape index (κ1) is 14.4. The Morgan fingerprint density at radius 2 is 2.05 bits per heavy atom. The van der Waals surface area contributed by atoms with E-state index in [4.69, 9.17) is 9.47 Å². The Kier molecular flexibility index (Phi) is 4.78. The summed E-state index contributed by atoms with van der Waals surface area (Å²) in [5.41, 5.74) is 0.871. The van der Waals surface area contributed by atoms with Crippen molar-refractivity contribution in [3.05, 3.63) is 35.9 Å². The highest BCUT2D eigenvalue weighted by Crippen LogP contribution is 2.32. The highest BCUT2D eigenvalue weighted by Gasteiger charge is 2.16. The molecule has 1 aromatic carbocycles. The van der Waals surface area contributed by atoms with Crippen LogP contribution in [-0.4, -0.2) is 31.4 Å². The first-order chi connectivity index (χ1) is 10.3. The van der Waals surface area contributed by atoms with Gasteiger partial charge in [0.1, 0.15) is 13.2 Å². The number of rotatable bonds is 5. The van der Waals surface area contributed by atoms with Crippen molar-refractivity contribution in [1.29, 1.82) is 0 Å². The van der Waals surface area contributed by atoms with Crippen molar-refractivity contribution in [2.24, 2.45) is 5.92 Å². The van der Waals surface area contributed by atoms with E-state index in [1.807, 2.05) is 18.2 Å². The van der Waals surface area contributed by atoms with E-state index >= 15 is 0 Å². The first-order valence-electron chi connectivity index (χ1n) is 7.76. The number of fused-ring (bicyclic) bond motifs is 1. The van der Waals surface area contributed by atoms with Gasteiger partial charge in [0.15, 0.2) is 11.5 Å². The van der Waals surface area contributed by atoms with Crippen LogP contribution in [0.4, 0.5) is 0 Å². The van der Waals surface area contributed by atoms with Crippen molar-refractivity contribution >= 4 is 0 Å². The average Bonchev–Trinajstić information content (AvgIpc) is 2.55. The molecule has 1 heterocycles. The molecule has 0 saturated carbocycles. The SMILES string of the molecule is OC(CNCC1CC=CCC1)c1ccc2c(c1)OCCO2. The summed E-state index contributed by atoms with van der Waals surface area (Å²) in [7, 11) is 0. The molecule has 21 heavy (non-hydrogen) atoms. The fraction of sp³-hybridized carbons (Fsp3) is 0.529. The Balaban J connectivity index is 1.50. The quantitative estimate of drug-likeness (QED) is 0.818. The van der Waals surface area contributed by atoms with Crippen LogP contribution >= 0.6 is 0 Å². The smallest absolute Gasteiger partial charge is 0.161 e. The zero-order valence-corrected chi connectivity index (χ0v) is 12.3. The van der Waals surface area contributed by atoms with Gasteiger partial charge < -0.3 is 19.9 Å². The number of hydrogen-bond donors (Lipinski definition) is 2. The number of aliphatic hydroxyl groups is 1. The van der Waals surface area contributed by atoms with Crippen LogP contribution in [0.2, 0.25) is 0 Å². The largest absolute Gasteiger partial charge is 0.486 e. The highest BCUT2D eigenvalue weighted by molar-refractivity contribution is 5.44. The van der Waals surface area contributed by atoms with Gasteiger partial charge in [0.2, 0.25) is 0 Å². The molecule has 1 aliphatic carbocycles. The molecule has 4 nitrogen and oxygen atoms in total. The summed E-state index contributed by atoms with van der Waals surface area (Å²) < 4.78 is 11.0. The third kappa shape index (κ3) is 3.77. The molecule has 0 bridgehead atoms. The van der Waals surface area contributed by atoms with Gasteiger partial charge in [0.05, 0.1) is 6.10 Å². The maximum absolute atomic E-state index is 10.3. The van der Waals surface area contributed by atoms with Crippen LogP contribution in [0, 0.1) is 5.92 Å². The zero-order valence-electron chi connectivity index (χ0n) is 12.3. The van der Waals surface area contributed by atoms with Gasteiger partial charge in [0, 0.05) is 6.54 Å². The van der Waals surface area contributed by atoms with Crippen LogP contribution < -0.4 is 14.8 Å². The summed E-state index contributed by atoms with van der Waals surface area (Å²) in [5.74, 6) is 2.19. The summed E-state index contributed by atoms with van der Waals surface area (Å²) in [6.45, 7) is 2.69. The van der Waals surface area contributed by atoms with Gasteiger partial charge in [-0.15, -0.1) is 0 Å². The second-order valence-electron chi connectivity index (χ2n) is 5.73. The van der Waals surface area contributed by atoms with Crippen molar-refractivity contribution < 1.29 is 14.6 Å². The molecular formula is C17H23NO3. The lowest BCUT2D eigenvalue weighted by Gasteiger charge is -2.21. The maximum atomic E-state index is 10.3.